The molecule has 0 saturated heterocycles. The molecule has 0 spiro atoms. The van der Waals surface area contributed by atoms with E-state index in [1.165, 1.54) is 0 Å². The Kier molecular flexibility index (Phi) is 5.04. The molecule has 0 aliphatic rings. The topological polar surface area (TPSA) is 43.4 Å². The summed E-state index contributed by atoms with van der Waals surface area (Å²) < 4.78 is 25.9. The highest BCUT2D eigenvalue weighted by atomic mass is 35.7. The van der Waals surface area contributed by atoms with Crippen molar-refractivity contribution in [3.63, 3.8) is 0 Å². The van der Waals surface area contributed by atoms with Crippen molar-refractivity contribution in [3.05, 3.63) is 0 Å². The molecule has 68 valence electrons. The van der Waals surface area contributed by atoms with Crippen molar-refractivity contribution in [1.82, 2.24) is 0 Å². The summed E-state index contributed by atoms with van der Waals surface area (Å²) in [6.45, 7) is 4.04. The van der Waals surface area contributed by atoms with Crippen molar-refractivity contribution >= 4 is 19.7 Å². The van der Waals surface area contributed by atoms with E-state index in [1.807, 2.05) is 13.8 Å². The molecule has 0 aromatic heterocycles. The summed E-state index contributed by atoms with van der Waals surface area (Å²) in [5, 5.41) is 0. The first-order valence-corrected chi connectivity index (χ1v) is 5.97. The lowest BCUT2D eigenvalue weighted by Crippen LogP contribution is -2.13. The fourth-order valence-electron chi connectivity index (χ4n) is 0.467. The molecular formula is C6H13ClO3S. The number of hydrogen-bond donors (Lipinski definition) is 0. The minimum absolute atomic E-state index is 0.105. The number of hydrogen-bond acceptors (Lipinski definition) is 3. The first kappa shape index (κ1) is 11.2. The Morgan fingerprint density at radius 3 is 2.45 bits per heavy atom. The molecule has 0 aromatic carbocycles. The summed E-state index contributed by atoms with van der Waals surface area (Å²) in [4.78, 5) is 0. The van der Waals surface area contributed by atoms with Gasteiger partial charge in [0, 0.05) is 10.7 Å². The summed E-state index contributed by atoms with van der Waals surface area (Å²) in [5.41, 5.74) is 0. The van der Waals surface area contributed by atoms with Gasteiger partial charge in [-0.2, -0.15) is 0 Å². The molecule has 0 bridgehead atoms. The molecule has 1 atom stereocenters. The van der Waals surface area contributed by atoms with E-state index in [4.69, 9.17) is 15.4 Å². The van der Waals surface area contributed by atoms with E-state index in [1.54, 1.807) is 0 Å². The molecular weight excluding hydrogens is 188 g/mol. The summed E-state index contributed by atoms with van der Waals surface area (Å²) in [6.07, 6.45) is 0.982. The zero-order valence-electron chi connectivity index (χ0n) is 6.71. The summed E-state index contributed by atoms with van der Waals surface area (Å²) in [6, 6.07) is 0. The van der Waals surface area contributed by atoms with Gasteiger partial charge in [0.1, 0.15) is 0 Å². The van der Waals surface area contributed by atoms with Gasteiger partial charge in [-0.3, -0.25) is 0 Å². The number of rotatable bonds is 5. The molecule has 0 aliphatic carbocycles. The number of halogens is 1. The standard InChI is InChI=1S/C6H13ClO3S/c1-3-6(2)10-4-5-11(7,8)9/h6H,3-5H2,1-2H3. The highest BCUT2D eigenvalue weighted by Gasteiger charge is 2.05. The Bertz CT molecular complexity index is 188. The molecule has 0 rings (SSSR count). The SMILES string of the molecule is CCC(C)OCCS(=O)(=O)Cl. The van der Waals surface area contributed by atoms with Crippen LogP contribution in [0.4, 0.5) is 0 Å². The van der Waals surface area contributed by atoms with Gasteiger partial charge in [-0.1, -0.05) is 6.92 Å². The van der Waals surface area contributed by atoms with Crippen molar-refractivity contribution in [2.45, 2.75) is 26.4 Å². The van der Waals surface area contributed by atoms with Crippen molar-refractivity contribution in [2.75, 3.05) is 12.4 Å². The Balaban J connectivity index is 3.43. The van der Waals surface area contributed by atoms with Crippen LogP contribution in [0.5, 0.6) is 0 Å². The Labute approximate surface area is 72.1 Å². The molecule has 0 N–H and O–H groups in total. The zero-order valence-corrected chi connectivity index (χ0v) is 8.28. The minimum atomic E-state index is -3.38. The lowest BCUT2D eigenvalue weighted by molar-refractivity contribution is 0.0753. The fourth-order valence-corrected chi connectivity index (χ4v) is 0.951. The Hall–Kier alpha value is 0.200. The van der Waals surface area contributed by atoms with Crippen molar-refractivity contribution < 1.29 is 13.2 Å². The van der Waals surface area contributed by atoms with Crippen molar-refractivity contribution in [2.24, 2.45) is 0 Å². The van der Waals surface area contributed by atoms with E-state index in [0.717, 1.165) is 6.42 Å². The van der Waals surface area contributed by atoms with Gasteiger partial charge >= 0.3 is 0 Å². The molecule has 0 radical (unpaired) electrons. The van der Waals surface area contributed by atoms with Gasteiger partial charge < -0.3 is 4.74 Å². The second-order valence-electron chi connectivity index (χ2n) is 2.33. The van der Waals surface area contributed by atoms with E-state index in [9.17, 15) is 8.42 Å². The second kappa shape index (κ2) is 4.95. The molecule has 1 unspecified atom stereocenters. The molecule has 0 fully saturated rings. The van der Waals surface area contributed by atoms with Crippen LogP contribution in [0.25, 0.3) is 0 Å². The third kappa shape index (κ3) is 8.10. The maximum Gasteiger partial charge on any atom is 0.234 e. The second-order valence-corrected chi connectivity index (χ2v) is 5.23. The monoisotopic (exact) mass is 200 g/mol. The summed E-state index contributed by atoms with van der Waals surface area (Å²) in [5.74, 6) is -0.112. The summed E-state index contributed by atoms with van der Waals surface area (Å²) in [7, 11) is 1.57. The highest BCUT2D eigenvalue weighted by Crippen LogP contribution is 1.99. The largest absolute Gasteiger partial charge is 0.377 e. The Morgan fingerprint density at radius 2 is 2.09 bits per heavy atom. The third-order valence-electron chi connectivity index (χ3n) is 1.30. The average Bonchev–Trinajstić information content (AvgIpc) is 1.85. The molecule has 3 nitrogen and oxygen atoms in total. The van der Waals surface area contributed by atoms with Crippen LogP contribution in [-0.4, -0.2) is 26.9 Å². The van der Waals surface area contributed by atoms with E-state index in [-0.39, 0.29) is 18.5 Å². The molecule has 0 aromatic rings. The van der Waals surface area contributed by atoms with Crippen LogP contribution in [0.2, 0.25) is 0 Å². The molecule has 0 amide bonds. The van der Waals surface area contributed by atoms with Crippen LogP contribution < -0.4 is 0 Å². The molecule has 5 heteroatoms. The quantitative estimate of drug-likeness (QED) is 0.630. The van der Waals surface area contributed by atoms with Gasteiger partial charge in [-0.05, 0) is 13.3 Å². The predicted molar refractivity (Wildman–Crippen MR) is 45.3 cm³/mol. The maximum atomic E-state index is 10.4. The number of ether oxygens (including phenoxy) is 1. The highest BCUT2D eigenvalue weighted by molar-refractivity contribution is 8.13. The van der Waals surface area contributed by atoms with Crippen molar-refractivity contribution in [3.8, 4) is 0 Å². The molecule has 0 aliphatic heterocycles. The fraction of sp³-hybridized carbons (Fsp3) is 1.00. The van der Waals surface area contributed by atoms with Crippen LogP contribution in [0.1, 0.15) is 20.3 Å². The van der Waals surface area contributed by atoms with E-state index in [2.05, 4.69) is 0 Å². The van der Waals surface area contributed by atoms with Gasteiger partial charge in [0.15, 0.2) is 0 Å². The van der Waals surface area contributed by atoms with Crippen LogP contribution in [0, 0.1) is 0 Å². The first-order chi connectivity index (χ1) is 4.95. The van der Waals surface area contributed by atoms with Gasteiger partial charge in [0.2, 0.25) is 9.05 Å². The van der Waals surface area contributed by atoms with Gasteiger partial charge in [0.25, 0.3) is 0 Å². The van der Waals surface area contributed by atoms with Crippen LogP contribution in [0.3, 0.4) is 0 Å². The third-order valence-corrected chi connectivity index (χ3v) is 2.42. The molecule has 0 saturated carbocycles. The van der Waals surface area contributed by atoms with Gasteiger partial charge in [-0.15, -0.1) is 0 Å². The molecule has 0 heterocycles. The maximum absolute atomic E-state index is 10.4. The van der Waals surface area contributed by atoms with E-state index < -0.39 is 9.05 Å². The lowest BCUT2D eigenvalue weighted by Gasteiger charge is -2.08. The zero-order chi connectivity index (χ0) is 8.91. The minimum Gasteiger partial charge on any atom is -0.377 e. The smallest absolute Gasteiger partial charge is 0.234 e. The van der Waals surface area contributed by atoms with Crippen molar-refractivity contribution in [1.29, 1.82) is 0 Å². The van der Waals surface area contributed by atoms with Crippen LogP contribution in [-0.2, 0) is 13.8 Å². The van der Waals surface area contributed by atoms with E-state index >= 15 is 0 Å². The van der Waals surface area contributed by atoms with Gasteiger partial charge in [0.05, 0.1) is 18.5 Å². The Morgan fingerprint density at radius 1 is 1.55 bits per heavy atom. The van der Waals surface area contributed by atoms with Crippen LogP contribution >= 0.6 is 10.7 Å². The summed E-state index contributed by atoms with van der Waals surface area (Å²) >= 11 is 0. The van der Waals surface area contributed by atoms with Crippen LogP contribution in [0.15, 0.2) is 0 Å². The van der Waals surface area contributed by atoms with E-state index in [0.29, 0.717) is 0 Å². The predicted octanol–water partition coefficient (Wildman–Crippen LogP) is 1.37. The average molecular weight is 201 g/mol. The van der Waals surface area contributed by atoms with Gasteiger partial charge in [-0.25, -0.2) is 8.42 Å². The molecule has 11 heavy (non-hydrogen) atoms. The normalized spacial score (nSPS) is 14.8. The lowest BCUT2D eigenvalue weighted by atomic mass is 10.3. The first-order valence-electron chi connectivity index (χ1n) is 3.49.